The Labute approximate surface area is 218 Å². The van der Waals surface area contributed by atoms with E-state index in [0.29, 0.717) is 29.4 Å². The number of hydrogen-bond donors (Lipinski definition) is 1. The summed E-state index contributed by atoms with van der Waals surface area (Å²) >= 11 is 0. The molecule has 0 atom stereocenters. The smallest absolute Gasteiger partial charge is 0.254 e. The van der Waals surface area contributed by atoms with Gasteiger partial charge in [-0.3, -0.25) is 9.59 Å². The fourth-order valence-corrected chi connectivity index (χ4v) is 4.29. The van der Waals surface area contributed by atoms with Crippen molar-refractivity contribution in [3.05, 3.63) is 64.8 Å². The van der Waals surface area contributed by atoms with Crippen LogP contribution in [-0.2, 0) is 10.2 Å². The zero-order valence-corrected chi connectivity index (χ0v) is 22.7. The fourth-order valence-electron chi connectivity index (χ4n) is 4.29. The van der Waals surface area contributed by atoms with E-state index in [0.717, 1.165) is 22.5 Å². The van der Waals surface area contributed by atoms with Gasteiger partial charge in [0, 0.05) is 23.6 Å². The van der Waals surface area contributed by atoms with Crippen molar-refractivity contribution in [1.29, 1.82) is 0 Å². The Morgan fingerprint density at radius 2 is 1.78 bits per heavy atom. The lowest BCUT2D eigenvalue weighted by molar-refractivity contribution is -0.117. The van der Waals surface area contributed by atoms with Gasteiger partial charge in [0.15, 0.2) is 11.5 Å². The van der Waals surface area contributed by atoms with E-state index in [1.54, 1.807) is 27.8 Å². The summed E-state index contributed by atoms with van der Waals surface area (Å²) in [6, 6.07) is 13.1. The molecule has 4 rings (SSSR count). The van der Waals surface area contributed by atoms with Crippen molar-refractivity contribution in [3.8, 4) is 17.2 Å². The molecular formula is C29H36N4O4. The van der Waals surface area contributed by atoms with Crippen molar-refractivity contribution in [2.45, 2.75) is 53.9 Å². The number of ether oxygens (including phenoxy) is 2. The molecule has 196 valence electrons. The number of carbonyl (C=O) groups excluding carboxylic acids is 2. The van der Waals surface area contributed by atoms with Gasteiger partial charge < -0.3 is 19.7 Å². The van der Waals surface area contributed by atoms with Gasteiger partial charge in [0.1, 0.15) is 12.4 Å². The molecule has 0 radical (unpaired) electrons. The first kappa shape index (κ1) is 26.3. The van der Waals surface area contributed by atoms with Crippen LogP contribution in [-0.4, -0.2) is 46.4 Å². The highest BCUT2D eigenvalue weighted by molar-refractivity contribution is 5.99. The minimum Gasteiger partial charge on any atom is -0.454 e. The van der Waals surface area contributed by atoms with Gasteiger partial charge in [0.2, 0.25) is 12.7 Å². The van der Waals surface area contributed by atoms with Crippen LogP contribution < -0.4 is 14.8 Å². The van der Waals surface area contributed by atoms with Crippen molar-refractivity contribution in [2.75, 3.05) is 25.2 Å². The number of anilines is 1. The Morgan fingerprint density at radius 1 is 1.05 bits per heavy atom. The normalized spacial score (nSPS) is 12.6. The summed E-state index contributed by atoms with van der Waals surface area (Å²) in [6.45, 7) is 14.8. The first-order valence-electron chi connectivity index (χ1n) is 12.6. The van der Waals surface area contributed by atoms with Crippen molar-refractivity contribution in [2.24, 2.45) is 5.92 Å². The number of aromatic nitrogens is 2. The third-order valence-corrected chi connectivity index (χ3v) is 6.15. The SMILES string of the molecule is Cc1ccc(-n2nc(C(C)(C)C)cc2NC(=O)CN(CC(C)C)C(=O)c2ccc3c(c2)OCO3)c(C)c1. The van der Waals surface area contributed by atoms with Crippen LogP contribution in [0.15, 0.2) is 42.5 Å². The van der Waals surface area contributed by atoms with E-state index in [1.165, 1.54) is 0 Å². The van der Waals surface area contributed by atoms with Gasteiger partial charge in [-0.15, -0.1) is 0 Å². The third-order valence-electron chi connectivity index (χ3n) is 6.15. The Bertz CT molecular complexity index is 1320. The summed E-state index contributed by atoms with van der Waals surface area (Å²) in [5, 5.41) is 7.85. The average molecular weight is 505 g/mol. The largest absolute Gasteiger partial charge is 0.454 e. The molecule has 3 aromatic rings. The monoisotopic (exact) mass is 504 g/mol. The highest BCUT2D eigenvalue weighted by Crippen LogP contribution is 2.33. The van der Waals surface area contributed by atoms with E-state index in [1.807, 2.05) is 45.9 Å². The topological polar surface area (TPSA) is 85.7 Å². The lowest BCUT2D eigenvalue weighted by Crippen LogP contribution is -2.40. The number of benzene rings is 2. The van der Waals surface area contributed by atoms with Gasteiger partial charge in [-0.25, -0.2) is 4.68 Å². The Morgan fingerprint density at radius 3 is 2.46 bits per heavy atom. The van der Waals surface area contributed by atoms with Crippen LogP contribution in [0, 0.1) is 19.8 Å². The average Bonchev–Trinajstić information content (AvgIpc) is 3.44. The van der Waals surface area contributed by atoms with Crippen molar-refractivity contribution in [1.82, 2.24) is 14.7 Å². The molecule has 0 aliphatic carbocycles. The van der Waals surface area contributed by atoms with Gasteiger partial charge in [0.25, 0.3) is 5.91 Å². The molecule has 2 heterocycles. The second-order valence-electron chi connectivity index (χ2n) is 11.1. The second kappa shape index (κ2) is 10.3. The van der Waals surface area contributed by atoms with Crippen LogP contribution in [0.25, 0.3) is 5.69 Å². The molecule has 0 unspecified atom stereocenters. The van der Waals surface area contributed by atoms with Crippen LogP contribution >= 0.6 is 0 Å². The van der Waals surface area contributed by atoms with Gasteiger partial charge in [-0.1, -0.05) is 52.3 Å². The van der Waals surface area contributed by atoms with Crippen molar-refractivity contribution < 1.29 is 19.1 Å². The first-order valence-corrected chi connectivity index (χ1v) is 12.6. The highest BCUT2D eigenvalue weighted by atomic mass is 16.7. The molecule has 2 aromatic carbocycles. The molecule has 8 heteroatoms. The van der Waals surface area contributed by atoms with E-state index in [2.05, 4.69) is 32.2 Å². The maximum absolute atomic E-state index is 13.4. The van der Waals surface area contributed by atoms with Gasteiger partial charge in [-0.2, -0.15) is 5.10 Å². The molecule has 0 saturated heterocycles. The van der Waals surface area contributed by atoms with E-state index in [-0.39, 0.29) is 36.5 Å². The van der Waals surface area contributed by atoms with E-state index >= 15 is 0 Å². The molecule has 8 nitrogen and oxygen atoms in total. The summed E-state index contributed by atoms with van der Waals surface area (Å²) in [6.07, 6.45) is 0. The standard InChI is InChI=1S/C29H36N4O4/c1-18(2)15-32(28(35)21-9-11-23-24(13-21)37-17-36-23)16-27(34)30-26-14-25(29(5,6)7)31-33(26)22-10-8-19(3)12-20(22)4/h8-14,18H,15-17H2,1-7H3,(H,30,34). The summed E-state index contributed by atoms with van der Waals surface area (Å²) in [5.41, 5.74) is 4.21. The van der Waals surface area contributed by atoms with Gasteiger partial charge in [-0.05, 0) is 49.6 Å². The van der Waals surface area contributed by atoms with E-state index in [4.69, 9.17) is 14.6 Å². The lowest BCUT2D eigenvalue weighted by Gasteiger charge is -2.24. The summed E-state index contributed by atoms with van der Waals surface area (Å²) < 4.78 is 12.6. The quantitative estimate of drug-likeness (QED) is 0.475. The Balaban J connectivity index is 1.60. The molecule has 1 N–H and O–H groups in total. The highest BCUT2D eigenvalue weighted by Gasteiger charge is 2.25. The molecule has 37 heavy (non-hydrogen) atoms. The molecule has 1 aliphatic heterocycles. The fraction of sp³-hybridized carbons (Fsp3) is 0.414. The summed E-state index contributed by atoms with van der Waals surface area (Å²) in [4.78, 5) is 28.3. The molecule has 2 amide bonds. The Hall–Kier alpha value is -3.81. The number of rotatable bonds is 7. The number of carbonyl (C=O) groups is 2. The maximum Gasteiger partial charge on any atom is 0.254 e. The second-order valence-corrected chi connectivity index (χ2v) is 11.1. The molecule has 0 bridgehead atoms. The molecule has 0 spiro atoms. The Kier molecular flexibility index (Phi) is 7.30. The first-order chi connectivity index (χ1) is 17.4. The van der Waals surface area contributed by atoms with Gasteiger partial charge in [0.05, 0.1) is 11.4 Å². The zero-order chi connectivity index (χ0) is 26.9. The number of fused-ring (bicyclic) bond motifs is 1. The molecule has 1 aliphatic rings. The summed E-state index contributed by atoms with van der Waals surface area (Å²) in [5.74, 6) is 1.37. The van der Waals surface area contributed by atoms with Crippen LogP contribution in [0.5, 0.6) is 11.5 Å². The van der Waals surface area contributed by atoms with E-state index in [9.17, 15) is 9.59 Å². The molecule has 0 fully saturated rings. The van der Waals surface area contributed by atoms with Crippen LogP contribution in [0.2, 0.25) is 0 Å². The number of hydrogen-bond acceptors (Lipinski definition) is 5. The number of nitrogens with one attached hydrogen (secondary N) is 1. The number of nitrogens with zero attached hydrogens (tertiary/aromatic N) is 3. The number of amides is 2. The van der Waals surface area contributed by atoms with Crippen LogP contribution in [0.1, 0.15) is 61.8 Å². The molecular weight excluding hydrogens is 468 g/mol. The molecule has 1 aromatic heterocycles. The minimum absolute atomic E-state index is 0.0889. The lowest BCUT2D eigenvalue weighted by atomic mass is 9.92. The number of aryl methyl sites for hydroxylation is 2. The van der Waals surface area contributed by atoms with Gasteiger partial charge >= 0.3 is 0 Å². The third kappa shape index (κ3) is 5.96. The molecule has 0 saturated carbocycles. The van der Waals surface area contributed by atoms with Crippen LogP contribution in [0.4, 0.5) is 5.82 Å². The predicted molar refractivity (Wildman–Crippen MR) is 144 cm³/mol. The van der Waals surface area contributed by atoms with Crippen molar-refractivity contribution >= 4 is 17.6 Å². The zero-order valence-electron chi connectivity index (χ0n) is 22.7. The maximum atomic E-state index is 13.4. The minimum atomic E-state index is -0.291. The van der Waals surface area contributed by atoms with Crippen molar-refractivity contribution in [3.63, 3.8) is 0 Å². The summed E-state index contributed by atoms with van der Waals surface area (Å²) in [7, 11) is 0. The predicted octanol–water partition coefficient (Wildman–Crippen LogP) is 5.25. The van der Waals surface area contributed by atoms with E-state index < -0.39 is 0 Å². The van der Waals surface area contributed by atoms with Crippen LogP contribution in [0.3, 0.4) is 0 Å².